The van der Waals surface area contributed by atoms with Gasteiger partial charge in [-0.3, -0.25) is 4.79 Å². The van der Waals surface area contributed by atoms with E-state index in [-0.39, 0.29) is 17.5 Å². The molecular formula is C12H15FN2O. The van der Waals surface area contributed by atoms with Crippen molar-refractivity contribution in [2.24, 2.45) is 0 Å². The number of nitrogens with one attached hydrogen (secondary N) is 1. The van der Waals surface area contributed by atoms with Gasteiger partial charge in [-0.2, -0.15) is 0 Å². The van der Waals surface area contributed by atoms with Crippen LogP contribution in [0.5, 0.6) is 0 Å². The fourth-order valence-corrected chi connectivity index (χ4v) is 1.78. The van der Waals surface area contributed by atoms with Crippen molar-refractivity contribution >= 4 is 11.6 Å². The molecule has 0 heterocycles. The average Bonchev–Trinajstić information content (AvgIpc) is 2.17. The van der Waals surface area contributed by atoms with E-state index in [4.69, 9.17) is 5.73 Å². The van der Waals surface area contributed by atoms with Crippen LogP contribution in [-0.2, 0) is 0 Å². The van der Waals surface area contributed by atoms with Crippen LogP contribution in [0.15, 0.2) is 12.1 Å². The molecule has 4 heteroatoms. The van der Waals surface area contributed by atoms with Gasteiger partial charge < -0.3 is 11.1 Å². The van der Waals surface area contributed by atoms with Crippen molar-refractivity contribution in [3.8, 4) is 0 Å². The third kappa shape index (κ3) is 2.01. The van der Waals surface area contributed by atoms with Gasteiger partial charge in [-0.05, 0) is 43.9 Å². The Bertz CT molecular complexity index is 427. The summed E-state index contributed by atoms with van der Waals surface area (Å²) >= 11 is 0. The van der Waals surface area contributed by atoms with Crippen molar-refractivity contribution in [3.63, 3.8) is 0 Å². The first-order valence-electron chi connectivity index (χ1n) is 5.44. The number of nitrogens with two attached hydrogens (primary N) is 1. The van der Waals surface area contributed by atoms with E-state index in [1.54, 1.807) is 6.92 Å². The zero-order chi connectivity index (χ0) is 11.7. The summed E-state index contributed by atoms with van der Waals surface area (Å²) < 4.78 is 13.7. The standard InChI is InChI=1S/C12H15FN2O/c1-7-5-8(14)6-10(11(7)13)12(16)15-9-3-2-4-9/h5-6,9H,2-4,14H2,1H3,(H,15,16). The van der Waals surface area contributed by atoms with Gasteiger partial charge in [-0.25, -0.2) is 4.39 Å². The Kier molecular flexibility index (Phi) is 2.81. The molecule has 1 amide bonds. The number of carbonyl (C=O) groups is 1. The fourth-order valence-electron chi connectivity index (χ4n) is 1.78. The molecule has 1 aliphatic carbocycles. The van der Waals surface area contributed by atoms with Crippen LogP contribution in [0.25, 0.3) is 0 Å². The topological polar surface area (TPSA) is 55.1 Å². The summed E-state index contributed by atoms with van der Waals surface area (Å²) in [5.74, 6) is -0.844. The second-order valence-corrected chi connectivity index (χ2v) is 4.30. The first-order chi connectivity index (χ1) is 7.58. The highest BCUT2D eigenvalue weighted by molar-refractivity contribution is 5.95. The maximum atomic E-state index is 13.7. The predicted molar refractivity (Wildman–Crippen MR) is 60.7 cm³/mol. The minimum absolute atomic E-state index is 0.0457. The van der Waals surface area contributed by atoms with Crippen molar-refractivity contribution in [3.05, 3.63) is 29.1 Å². The largest absolute Gasteiger partial charge is 0.399 e. The Morgan fingerprint density at radius 2 is 2.19 bits per heavy atom. The monoisotopic (exact) mass is 222 g/mol. The molecule has 1 aliphatic rings. The molecular weight excluding hydrogens is 207 g/mol. The quantitative estimate of drug-likeness (QED) is 0.752. The normalized spacial score (nSPS) is 15.6. The summed E-state index contributed by atoms with van der Waals surface area (Å²) in [6.07, 6.45) is 3.09. The second-order valence-electron chi connectivity index (χ2n) is 4.30. The maximum Gasteiger partial charge on any atom is 0.254 e. The summed E-state index contributed by atoms with van der Waals surface area (Å²) in [6, 6.07) is 3.11. The molecule has 0 aromatic heterocycles. The minimum atomic E-state index is -0.481. The lowest BCUT2D eigenvalue weighted by atomic mass is 9.93. The molecule has 1 saturated carbocycles. The number of anilines is 1. The predicted octanol–water partition coefficient (Wildman–Crippen LogP) is 2.00. The number of hydrogen-bond acceptors (Lipinski definition) is 2. The molecule has 0 aliphatic heterocycles. The molecule has 0 spiro atoms. The van der Waals surface area contributed by atoms with Crippen LogP contribution in [0, 0.1) is 12.7 Å². The Morgan fingerprint density at radius 3 is 2.75 bits per heavy atom. The molecule has 0 radical (unpaired) electrons. The lowest BCUT2D eigenvalue weighted by Crippen LogP contribution is -2.39. The zero-order valence-corrected chi connectivity index (χ0v) is 9.22. The summed E-state index contributed by atoms with van der Waals surface area (Å²) in [7, 11) is 0. The Hall–Kier alpha value is -1.58. The summed E-state index contributed by atoms with van der Waals surface area (Å²) in [5, 5.41) is 2.79. The van der Waals surface area contributed by atoms with Gasteiger partial charge in [0.25, 0.3) is 5.91 Å². The Morgan fingerprint density at radius 1 is 1.50 bits per heavy atom. The number of hydrogen-bond donors (Lipinski definition) is 2. The molecule has 3 N–H and O–H groups in total. The van der Waals surface area contributed by atoms with Gasteiger partial charge in [-0.15, -0.1) is 0 Å². The SMILES string of the molecule is Cc1cc(N)cc(C(=O)NC2CCC2)c1F. The number of halogens is 1. The highest BCUT2D eigenvalue weighted by Crippen LogP contribution is 2.21. The second kappa shape index (κ2) is 4.12. The highest BCUT2D eigenvalue weighted by Gasteiger charge is 2.22. The van der Waals surface area contributed by atoms with E-state index in [0.717, 1.165) is 19.3 Å². The molecule has 1 fully saturated rings. The molecule has 16 heavy (non-hydrogen) atoms. The molecule has 86 valence electrons. The third-order valence-corrected chi connectivity index (χ3v) is 2.96. The molecule has 0 bridgehead atoms. The van der Waals surface area contributed by atoms with Crippen LogP contribution in [0.3, 0.4) is 0 Å². The number of rotatable bonds is 2. The van der Waals surface area contributed by atoms with Crippen LogP contribution < -0.4 is 11.1 Å². The minimum Gasteiger partial charge on any atom is -0.399 e. The van der Waals surface area contributed by atoms with Crippen LogP contribution in [-0.4, -0.2) is 11.9 Å². The van der Waals surface area contributed by atoms with Gasteiger partial charge in [0.15, 0.2) is 0 Å². The van der Waals surface area contributed by atoms with E-state index < -0.39 is 5.82 Å². The van der Waals surface area contributed by atoms with E-state index in [9.17, 15) is 9.18 Å². The van der Waals surface area contributed by atoms with Crippen molar-refractivity contribution in [1.29, 1.82) is 0 Å². The fraction of sp³-hybridized carbons (Fsp3) is 0.417. The van der Waals surface area contributed by atoms with E-state index in [1.165, 1.54) is 12.1 Å². The van der Waals surface area contributed by atoms with Crippen LogP contribution in [0.1, 0.15) is 35.2 Å². The van der Waals surface area contributed by atoms with Gasteiger partial charge in [-0.1, -0.05) is 0 Å². The molecule has 2 rings (SSSR count). The Labute approximate surface area is 93.8 Å². The van der Waals surface area contributed by atoms with Gasteiger partial charge in [0.2, 0.25) is 0 Å². The number of amides is 1. The summed E-state index contributed by atoms with van der Waals surface area (Å²) in [5.41, 5.74) is 6.46. The molecule has 1 aromatic carbocycles. The van der Waals surface area contributed by atoms with Gasteiger partial charge in [0.1, 0.15) is 5.82 Å². The zero-order valence-electron chi connectivity index (χ0n) is 9.22. The lowest BCUT2D eigenvalue weighted by Gasteiger charge is -2.26. The Balaban J connectivity index is 2.21. The van der Waals surface area contributed by atoms with Gasteiger partial charge in [0.05, 0.1) is 5.56 Å². The number of nitrogen functional groups attached to an aromatic ring is 1. The van der Waals surface area contributed by atoms with Crippen molar-refractivity contribution in [2.75, 3.05) is 5.73 Å². The molecule has 1 aromatic rings. The first-order valence-corrected chi connectivity index (χ1v) is 5.44. The maximum absolute atomic E-state index is 13.7. The van der Waals surface area contributed by atoms with Gasteiger partial charge in [0, 0.05) is 11.7 Å². The number of aryl methyl sites for hydroxylation is 1. The highest BCUT2D eigenvalue weighted by atomic mass is 19.1. The van der Waals surface area contributed by atoms with Crippen molar-refractivity contribution in [1.82, 2.24) is 5.32 Å². The molecule has 0 unspecified atom stereocenters. The van der Waals surface area contributed by atoms with E-state index in [1.807, 2.05) is 0 Å². The van der Waals surface area contributed by atoms with E-state index >= 15 is 0 Å². The average molecular weight is 222 g/mol. The van der Waals surface area contributed by atoms with Crippen LogP contribution in [0.4, 0.5) is 10.1 Å². The van der Waals surface area contributed by atoms with Crippen LogP contribution >= 0.6 is 0 Å². The number of benzene rings is 1. The molecule has 0 saturated heterocycles. The smallest absolute Gasteiger partial charge is 0.254 e. The lowest BCUT2D eigenvalue weighted by molar-refractivity contribution is 0.0912. The van der Waals surface area contributed by atoms with Crippen molar-refractivity contribution in [2.45, 2.75) is 32.2 Å². The third-order valence-electron chi connectivity index (χ3n) is 2.96. The van der Waals surface area contributed by atoms with Crippen LogP contribution in [0.2, 0.25) is 0 Å². The van der Waals surface area contributed by atoms with E-state index in [2.05, 4.69) is 5.32 Å². The van der Waals surface area contributed by atoms with Crippen molar-refractivity contribution < 1.29 is 9.18 Å². The number of carbonyl (C=O) groups excluding carboxylic acids is 1. The summed E-state index contributed by atoms with van der Waals surface area (Å²) in [4.78, 5) is 11.8. The first kappa shape index (κ1) is 10.9. The van der Waals surface area contributed by atoms with E-state index in [0.29, 0.717) is 11.3 Å². The van der Waals surface area contributed by atoms with Gasteiger partial charge >= 0.3 is 0 Å². The molecule has 3 nitrogen and oxygen atoms in total. The summed E-state index contributed by atoms with van der Waals surface area (Å²) in [6.45, 7) is 1.60. The molecule has 0 atom stereocenters.